The molecule has 1 aliphatic heterocycles. The summed E-state index contributed by atoms with van der Waals surface area (Å²) in [6.45, 7) is 1.42. The zero-order valence-electron chi connectivity index (χ0n) is 11.3. The van der Waals surface area contributed by atoms with E-state index < -0.39 is 0 Å². The van der Waals surface area contributed by atoms with Gasteiger partial charge >= 0.3 is 0 Å². The highest BCUT2D eigenvalue weighted by Crippen LogP contribution is 2.38. The summed E-state index contributed by atoms with van der Waals surface area (Å²) in [5.41, 5.74) is 1.46. The molecule has 0 spiro atoms. The molecule has 0 saturated heterocycles. The molecule has 104 valence electrons. The Hall–Kier alpha value is -0.510. The minimum absolute atomic E-state index is 0.363. The van der Waals surface area contributed by atoms with E-state index >= 15 is 0 Å². The first-order valence-corrected chi connectivity index (χ1v) is 8.43. The molecule has 1 heterocycles. The van der Waals surface area contributed by atoms with Crippen molar-refractivity contribution in [2.45, 2.75) is 36.6 Å². The number of nitrogens with one attached hydrogen (secondary N) is 1. The minimum atomic E-state index is 0.363. The molecule has 3 rings (SSSR count). The molecule has 19 heavy (non-hydrogen) atoms. The monoisotopic (exact) mass is 277 g/mol. The van der Waals surface area contributed by atoms with Gasteiger partial charge in [0.1, 0.15) is 0 Å². The predicted octanol–water partition coefficient (Wildman–Crippen LogP) is 3.22. The summed E-state index contributed by atoms with van der Waals surface area (Å²) < 4.78 is 0. The molecule has 0 radical (unpaired) electrons. The highest BCUT2D eigenvalue weighted by atomic mass is 32.2. The van der Waals surface area contributed by atoms with Crippen LogP contribution >= 0.6 is 11.8 Å². The molecule has 3 atom stereocenters. The SMILES string of the molecule is OCC1CCCCC1CNC1CSc2ccccc21. The topological polar surface area (TPSA) is 32.3 Å². The van der Waals surface area contributed by atoms with Crippen LogP contribution in [0.25, 0.3) is 0 Å². The van der Waals surface area contributed by atoms with E-state index in [0.717, 1.165) is 12.3 Å². The minimum Gasteiger partial charge on any atom is -0.396 e. The third-order valence-corrected chi connectivity index (χ3v) is 5.81. The Balaban J connectivity index is 1.58. The highest BCUT2D eigenvalue weighted by molar-refractivity contribution is 7.99. The first-order valence-electron chi connectivity index (χ1n) is 7.44. The molecular weight excluding hydrogens is 254 g/mol. The van der Waals surface area contributed by atoms with Gasteiger partial charge in [0.05, 0.1) is 0 Å². The van der Waals surface area contributed by atoms with Crippen molar-refractivity contribution in [1.82, 2.24) is 5.32 Å². The van der Waals surface area contributed by atoms with Gasteiger partial charge < -0.3 is 10.4 Å². The van der Waals surface area contributed by atoms with E-state index in [-0.39, 0.29) is 0 Å². The Morgan fingerprint density at radius 3 is 2.79 bits per heavy atom. The molecule has 2 N–H and O–H groups in total. The Morgan fingerprint density at radius 2 is 1.95 bits per heavy atom. The lowest BCUT2D eigenvalue weighted by molar-refractivity contribution is 0.131. The molecule has 3 heteroatoms. The molecule has 3 unspecified atom stereocenters. The lowest BCUT2D eigenvalue weighted by Gasteiger charge is -2.31. The smallest absolute Gasteiger partial charge is 0.0462 e. The van der Waals surface area contributed by atoms with E-state index in [9.17, 15) is 5.11 Å². The van der Waals surface area contributed by atoms with Gasteiger partial charge in [-0.3, -0.25) is 0 Å². The first-order chi connectivity index (χ1) is 9.38. The summed E-state index contributed by atoms with van der Waals surface area (Å²) in [4.78, 5) is 1.43. The van der Waals surface area contributed by atoms with Crippen LogP contribution in [-0.2, 0) is 0 Å². The largest absolute Gasteiger partial charge is 0.396 e. The normalized spacial score (nSPS) is 30.3. The molecule has 2 aliphatic rings. The third kappa shape index (κ3) is 2.99. The average Bonchev–Trinajstić information content (AvgIpc) is 2.89. The fourth-order valence-corrected chi connectivity index (χ4v) is 4.61. The molecule has 0 bridgehead atoms. The van der Waals surface area contributed by atoms with Gasteiger partial charge in [0.2, 0.25) is 0 Å². The maximum Gasteiger partial charge on any atom is 0.0462 e. The van der Waals surface area contributed by atoms with Crippen molar-refractivity contribution in [3.8, 4) is 0 Å². The fraction of sp³-hybridized carbons (Fsp3) is 0.625. The molecule has 1 aliphatic carbocycles. The second kappa shape index (κ2) is 6.29. The number of thioether (sulfide) groups is 1. The van der Waals surface area contributed by atoms with E-state index in [1.54, 1.807) is 0 Å². The summed E-state index contributed by atoms with van der Waals surface area (Å²) in [5.74, 6) is 2.33. The quantitative estimate of drug-likeness (QED) is 0.886. The van der Waals surface area contributed by atoms with Crippen LogP contribution in [0.3, 0.4) is 0 Å². The van der Waals surface area contributed by atoms with Gasteiger partial charge in [0.15, 0.2) is 0 Å². The second-order valence-corrected chi connectivity index (χ2v) is 6.86. The van der Waals surface area contributed by atoms with E-state index in [4.69, 9.17) is 0 Å². The van der Waals surface area contributed by atoms with E-state index in [2.05, 4.69) is 29.6 Å². The number of rotatable bonds is 4. The first kappa shape index (κ1) is 13.5. The van der Waals surface area contributed by atoms with Gasteiger partial charge in [-0.2, -0.15) is 0 Å². The van der Waals surface area contributed by atoms with E-state index in [0.29, 0.717) is 24.5 Å². The van der Waals surface area contributed by atoms with Crippen LogP contribution in [0.15, 0.2) is 29.2 Å². The van der Waals surface area contributed by atoms with Gasteiger partial charge in [0.25, 0.3) is 0 Å². The Labute approximate surface area is 120 Å². The summed E-state index contributed by atoms with van der Waals surface area (Å²) in [6.07, 6.45) is 5.11. The lowest BCUT2D eigenvalue weighted by atomic mass is 9.79. The van der Waals surface area contributed by atoms with Crippen molar-refractivity contribution >= 4 is 11.8 Å². The number of hydrogen-bond acceptors (Lipinski definition) is 3. The Bertz CT molecular complexity index is 423. The molecular formula is C16H23NOS. The Kier molecular flexibility index (Phi) is 4.46. The predicted molar refractivity (Wildman–Crippen MR) is 80.4 cm³/mol. The molecule has 1 fully saturated rings. The Morgan fingerprint density at radius 1 is 1.16 bits per heavy atom. The number of hydrogen-bond donors (Lipinski definition) is 2. The molecule has 0 amide bonds. The van der Waals surface area contributed by atoms with Crippen LogP contribution in [0.4, 0.5) is 0 Å². The van der Waals surface area contributed by atoms with Crippen LogP contribution in [0.2, 0.25) is 0 Å². The standard InChI is InChI=1S/C16H23NOS/c18-10-13-6-2-1-5-12(13)9-17-15-11-19-16-8-4-3-7-14(15)16/h3-4,7-8,12-13,15,17-18H,1-2,5-6,9-11H2. The fourth-order valence-electron chi connectivity index (χ4n) is 3.42. The number of aliphatic hydroxyl groups excluding tert-OH is 1. The van der Waals surface area contributed by atoms with E-state index in [1.165, 1.54) is 36.1 Å². The summed E-state index contributed by atoms with van der Waals surface area (Å²) >= 11 is 1.96. The van der Waals surface area contributed by atoms with Crippen molar-refractivity contribution in [2.75, 3.05) is 18.9 Å². The molecule has 1 aromatic carbocycles. The van der Waals surface area contributed by atoms with Crippen LogP contribution < -0.4 is 5.32 Å². The number of fused-ring (bicyclic) bond motifs is 1. The highest BCUT2D eigenvalue weighted by Gasteiger charge is 2.27. The van der Waals surface area contributed by atoms with Gasteiger partial charge in [-0.1, -0.05) is 31.0 Å². The number of aliphatic hydroxyl groups is 1. The summed E-state index contributed by atoms with van der Waals surface area (Å²) in [7, 11) is 0. The number of benzene rings is 1. The van der Waals surface area contributed by atoms with E-state index in [1.807, 2.05) is 11.8 Å². The van der Waals surface area contributed by atoms with Crippen LogP contribution in [0.5, 0.6) is 0 Å². The summed E-state index contributed by atoms with van der Waals surface area (Å²) in [5, 5.41) is 13.2. The van der Waals surface area contributed by atoms with Gasteiger partial charge in [0, 0.05) is 23.3 Å². The van der Waals surface area contributed by atoms with Crippen molar-refractivity contribution in [3.63, 3.8) is 0 Å². The van der Waals surface area contributed by atoms with Crippen molar-refractivity contribution in [3.05, 3.63) is 29.8 Å². The molecule has 0 aromatic heterocycles. The molecule has 1 aromatic rings. The van der Waals surface area contributed by atoms with Crippen LogP contribution in [-0.4, -0.2) is 24.0 Å². The van der Waals surface area contributed by atoms with Crippen molar-refractivity contribution < 1.29 is 5.11 Å². The van der Waals surface area contributed by atoms with Gasteiger partial charge in [-0.15, -0.1) is 11.8 Å². The van der Waals surface area contributed by atoms with Crippen LogP contribution in [0.1, 0.15) is 37.3 Å². The third-order valence-electron chi connectivity index (χ3n) is 4.63. The maximum atomic E-state index is 9.48. The average molecular weight is 277 g/mol. The second-order valence-electron chi connectivity index (χ2n) is 5.80. The maximum absolute atomic E-state index is 9.48. The lowest BCUT2D eigenvalue weighted by Crippen LogP contribution is -2.34. The summed E-state index contributed by atoms with van der Waals surface area (Å²) in [6, 6.07) is 9.23. The van der Waals surface area contributed by atoms with Crippen molar-refractivity contribution in [2.24, 2.45) is 11.8 Å². The van der Waals surface area contributed by atoms with Gasteiger partial charge in [-0.05, 0) is 42.9 Å². The molecule has 2 nitrogen and oxygen atoms in total. The van der Waals surface area contributed by atoms with Gasteiger partial charge in [-0.25, -0.2) is 0 Å². The zero-order valence-corrected chi connectivity index (χ0v) is 12.2. The van der Waals surface area contributed by atoms with Crippen LogP contribution in [0, 0.1) is 11.8 Å². The van der Waals surface area contributed by atoms with Crippen molar-refractivity contribution in [1.29, 1.82) is 0 Å². The molecule has 1 saturated carbocycles. The zero-order chi connectivity index (χ0) is 13.1.